The highest BCUT2D eigenvalue weighted by Crippen LogP contribution is 2.25. The summed E-state index contributed by atoms with van der Waals surface area (Å²) in [5, 5.41) is 0. The molecule has 0 aromatic heterocycles. The second-order valence-electron chi connectivity index (χ2n) is 4.20. The van der Waals surface area contributed by atoms with Crippen molar-refractivity contribution in [1.82, 2.24) is 0 Å². The van der Waals surface area contributed by atoms with Crippen LogP contribution in [0.3, 0.4) is 0 Å². The van der Waals surface area contributed by atoms with Crippen molar-refractivity contribution in [3.05, 3.63) is 41.0 Å². The standard InChI is InChI=1S/C14H17Cl/c1-11(4-3-9-15)13-8-7-12-5-2-6-14(12)10-13/h4,7-8,10H,2-3,5-6,9H2,1H3/b11-4+. The van der Waals surface area contributed by atoms with Crippen molar-refractivity contribution in [3.8, 4) is 0 Å². The zero-order valence-electron chi connectivity index (χ0n) is 9.22. The molecular weight excluding hydrogens is 204 g/mol. The van der Waals surface area contributed by atoms with E-state index in [4.69, 9.17) is 11.6 Å². The van der Waals surface area contributed by atoms with Crippen LogP contribution in [0.1, 0.15) is 36.5 Å². The average molecular weight is 221 g/mol. The minimum absolute atomic E-state index is 0.711. The fourth-order valence-corrected chi connectivity index (χ4v) is 2.32. The third-order valence-corrected chi connectivity index (χ3v) is 3.33. The molecule has 1 aliphatic rings. The van der Waals surface area contributed by atoms with Crippen molar-refractivity contribution < 1.29 is 0 Å². The first-order chi connectivity index (χ1) is 7.31. The lowest BCUT2D eigenvalue weighted by Gasteiger charge is -2.05. The lowest BCUT2D eigenvalue weighted by molar-refractivity contribution is 0.911. The van der Waals surface area contributed by atoms with Crippen LogP contribution in [0.25, 0.3) is 5.57 Å². The Bertz CT molecular complexity index is 377. The highest BCUT2D eigenvalue weighted by atomic mass is 35.5. The lowest BCUT2D eigenvalue weighted by Crippen LogP contribution is -1.86. The molecule has 0 spiro atoms. The summed E-state index contributed by atoms with van der Waals surface area (Å²) >= 11 is 5.68. The number of benzene rings is 1. The maximum Gasteiger partial charge on any atom is 0.0258 e. The van der Waals surface area contributed by atoms with Crippen molar-refractivity contribution in [2.45, 2.75) is 32.6 Å². The summed E-state index contributed by atoms with van der Waals surface area (Å²) in [5.41, 5.74) is 5.81. The predicted molar refractivity (Wildman–Crippen MR) is 67.5 cm³/mol. The lowest BCUT2D eigenvalue weighted by atomic mass is 10.0. The fourth-order valence-electron chi connectivity index (χ4n) is 2.21. The maximum atomic E-state index is 5.68. The quantitative estimate of drug-likeness (QED) is 0.670. The van der Waals surface area contributed by atoms with Gasteiger partial charge in [0.2, 0.25) is 0 Å². The van der Waals surface area contributed by atoms with Gasteiger partial charge in [-0.1, -0.05) is 24.3 Å². The van der Waals surface area contributed by atoms with E-state index in [1.165, 1.54) is 30.4 Å². The molecule has 0 saturated carbocycles. The van der Waals surface area contributed by atoms with E-state index in [0.29, 0.717) is 5.88 Å². The molecule has 0 fully saturated rings. The smallest absolute Gasteiger partial charge is 0.0258 e. The van der Waals surface area contributed by atoms with Crippen LogP contribution in [0.2, 0.25) is 0 Å². The molecule has 1 aromatic rings. The van der Waals surface area contributed by atoms with Gasteiger partial charge in [0.1, 0.15) is 0 Å². The Morgan fingerprint density at radius 1 is 1.33 bits per heavy atom. The molecule has 0 N–H and O–H groups in total. The minimum Gasteiger partial charge on any atom is -0.126 e. The van der Waals surface area contributed by atoms with E-state index < -0.39 is 0 Å². The van der Waals surface area contributed by atoms with Crippen molar-refractivity contribution in [1.29, 1.82) is 0 Å². The molecule has 0 unspecified atom stereocenters. The van der Waals surface area contributed by atoms with Crippen LogP contribution >= 0.6 is 11.6 Å². The Morgan fingerprint density at radius 2 is 2.13 bits per heavy atom. The summed E-state index contributed by atoms with van der Waals surface area (Å²) < 4.78 is 0. The van der Waals surface area contributed by atoms with Crippen molar-refractivity contribution in [3.63, 3.8) is 0 Å². The van der Waals surface area contributed by atoms with Crippen LogP contribution in [-0.4, -0.2) is 5.88 Å². The van der Waals surface area contributed by atoms with E-state index >= 15 is 0 Å². The van der Waals surface area contributed by atoms with Gasteiger partial charge >= 0.3 is 0 Å². The zero-order valence-corrected chi connectivity index (χ0v) is 9.98. The van der Waals surface area contributed by atoms with Crippen molar-refractivity contribution in [2.24, 2.45) is 0 Å². The molecule has 1 aliphatic carbocycles. The summed E-state index contributed by atoms with van der Waals surface area (Å²) in [6.45, 7) is 2.17. The van der Waals surface area contributed by atoms with Gasteiger partial charge in [-0.25, -0.2) is 0 Å². The molecule has 0 saturated heterocycles. The molecule has 0 atom stereocenters. The second-order valence-corrected chi connectivity index (χ2v) is 4.58. The first-order valence-corrected chi connectivity index (χ1v) is 6.19. The summed E-state index contributed by atoms with van der Waals surface area (Å²) in [4.78, 5) is 0. The molecule has 15 heavy (non-hydrogen) atoms. The van der Waals surface area contributed by atoms with E-state index in [2.05, 4.69) is 31.2 Å². The number of fused-ring (bicyclic) bond motifs is 1. The van der Waals surface area contributed by atoms with Gasteiger partial charge in [0.15, 0.2) is 0 Å². The number of hydrogen-bond acceptors (Lipinski definition) is 0. The summed E-state index contributed by atoms with van der Waals surface area (Å²) in [7, 11) is 0. The van der Waals surface area contributed by atoms with Crippen LogP contribution < -0.4 is 0 Å². The minimum atomic E-state index is 0.711. The van der Waals surface area contributed by atoms with E-state index in [0.717, 1.165) is 6.42 Å². The largest absolute Gasteiger partial charge is 0.126 e. The molecule has 80 valence electrons. The molecule has 0 aliphatic heterocycles. The van der Waals surface area contributed by atoms with Gasteiger partial charge < -0.3 is 0 Å². The number of rotatable bonds is 3. The third-order valence-electron chi connectivity index (χ3n) is 3.11. The normalized spacial score (nSPS) is 15.5. The average Bonchev–Trinajstić information content (AvgIpc) is 2.72. The van der Waals surface area contributed by atoms with Crippen LogP contribution in [0, 0.1) is 0 Å². The number of allylic oxidation sites excluding steroid dienone is 2. The van der Waals surface area contributed by atoms with Gasteiger partial charge in [-0.15, -0.1) is 11.6 Å². The summed E-state index contributed by atoms with van der Waals surface area (Å²) in [5.74, 6) is 0.711. The van der Waals surface area contributed by atoms with Gasteiger partial charge in [0, 0.05) is 5.88 Å². The van der Waals surface area contributed by atoms with Gasteiger partial charge in [0.05, 0.1) is 0 Å². The molecule has 1 heteroatoms. The Hall–Kier alpha value is -0.750. The molecule has 1 aromatic carbocycles. The third kappa shape index (κ3) is 2.43. The summed E-state index contributed by atoms with van der Waals surface area (Å²) in [6, 6.07) is 6.88. The van der Waals surface area contributed by atoms with Crippen LogP contribution in [0.4, 0.5) is 0 Å². The second kappa shape index (κ2) is 4.85. The van der Waals surface area contributed by atoms with Crippen LogP contribution in [0.5, 0.6) is 0 Å². The first-order valence-electron chi connectivity index (χ1n) is 5.66. The molecule has 0 amide bonds. The molecule has 0 radical (unpaired) electrons. The van der Waals surface area contributed by atoms with E-state index in [1.54, 1.807) is 11.1 Å². The monoisotopic (exact) mass is 220 g/mol. The number of aryl methyl sites for hydroxylation is 2. The van der Waals surface area contributed by atoms with Crippen LogP contribution in [-0.2, 0) is 12.8 Å². The van der Waals surface area contributed by atoms with E-state index in [-0.39, 0.29) is 0 Å². The Morgan fingerprint density at radius 3 is 2.93 bits per heavy atom. The molecule has 0 bridgehead atoms. The van der Waals surface area contributed by atoms with E-state index in [9.17, 15) is 0 Å². The molecular formula is C14H17Cl. The van der Waals surface area contributed by atoms with Gasteiger partial charge in [-0.05, 0) is 54.9 Å². The number of alkyl halides is 1. The van der Waals surface area contributed by atoms with Gasteiger partial charge in [0.25, 0.3) is 0 Å². The molecule has 0 nitrogen and oxygen atoms in total. The summed E-state index contributed by atoms with van der Waals surface area (Å²) in [6.07, 6.45) is 7.03. The number of halogens is 1. The highest BCUT2D eigenvalue weighted by molar-refractivity contribution is 6.17. The van der Waals surface area contributed by atoms with Gasteiger partial charge in [-0.2, -0.15) is 0 Å². The molecule has 0 heterocycles. The van der Waals surface area contributed by atoms with Crippen LogP contribution in [0.15, 0.2) is 24.3 Å². The number of hydrogen-bond donors (Lipinski definition) is 0. The SMILES string of the molecule is C/C(=C\CCCl)c1ccc2c(c1)CCC2. The zero-order chi connectivity index (χ0) is 10.7. The van der Waals surface area contributed by atoms with Crippen molar-refractivity contribution in [2.75, 3.05) is 5.88 Å². The first kappa shape index (κ1) is 10.8. The maximum absolute atomic E-state index is 5.68. The fraction of sp³-hybridized carbons (Fsp3) is 0.429. The van der Waals surface area contributed by atoms with Crippen molar-refractivity contribution >= 4 is 17.2 Å². The van der Waals surface area contributed by atoms with E-state index in [1.807, 2.05) is 0 Å². The van der Waals surface area contributed by atoms with Gasteiger partial charge in [-0.3, -0.25) is 0 Å². The Labute approximate surface area is 97.0 Å². The Balaban J connectivity index is 2.22. The Kier molecular flexibility index (Phi) is 3.48. The predicted octanol–water partition coefficient (Wildman–Crippen LogP) is 4.21. The highest BCUT2D eigenvalue weighted by Gasteiger charge is 2.10. The topological polar surface area (TPSA) is 0 Å². The molecule has 2 rings (SSSR count).